The van der Waals surface area contributed by atoms with E-state index in [2.05, 4.69) is 10.1 Å². The smallest absolute Gasteiger partial charge is 0.337 e. The summed E-state index contributed by atoms with van der Waals surface area (Å²) in [6.45, 7) is 0. The topological polar surface area (TPSA) is 110 Å². The summed E-state index contributed by atoms with van der Waals surface area (Å²) in [6.07, 6.45) is 0. The van der Waals surface area contributed by atoms with Crippen LogP contribution in [0, 0.1) is 34.0 Å². The molecule has 0 saturated carbocycles. The standard InChI is InChI=1S/C13H8N4O2/c1-19-13(18)9-3-2-4-11(5-9)17-12(8-16)10(6-14)7-15/h2-5,17H,1H3. The Bertz CT molecular complexity index is 640. The second-order valence-electron chi connectivity index (χ2n) is 3.28. The number of rotatable bonds is 3. The number of benzene rings is 1. The van der Waals surface area contributed by atoms with Crippen LogP contribution in [0.5, 0.6) is 0 Å². The van der Waals surface area contributed by atoms with E-state index in [4.69, 9.17) is 15.8 Å². The zero-order valence-corrected chi connectivity index (χ0v) is 9.97. The fourth-order valence-electron chi connectivity index (χ4n) is 1.27. The van der Waals surface area contributed by atoms with Gasteiger partial charge >= 0.3 is 5.97 Å². The van der Waals surface area contributed by atoms with E-state index in [1.54, 1.807) is 36.4 Å². The number of hydrogen-bond donors (Lipinski definition) is 1. The van der Waals surface area contributed by atoms with Crippen LogP contribution in [0.2, 0.25) is 0 Å². The Kier molecular flexibility index (Phi) is 4.66. The highest BCUT2D eigenvalue weighted by molar-refractivity contribution is 5.90. The number of nitriles is 3. The summed E-state index contributed by atoms with van der Waals surface area (Å²) in [6, 6.07) is 11.1. The summed E-state index contributed by atoms with van der Waals surface area (Å²) in [5.41, 5.74) is 0.195. The van der Waals surface area contributed by atoms with Gasteiger partial charge in [-0.25, -0.2) is 4.79 Å². The molecule has 0 heterocycles. The Morgan fingerprint density at radius 1 is 1.21 bits per heavy atom. The summed E-state index contributed by atoms with van der Waals surface area (Å²) in [5.74, 6) is -0.521. The zero-order chi connectivity index (χ0) is 14.3. The summed E-state index contributed by atoms with van der Waals surface area (Å²) in [4.78, 5) is 11.3. The van der Waals surface area contributed by atoms with Gasteiger partial charge in [-0.1, -0.05) is 6.07 Å². The molecule has 0 aliphatic rings. The van der Waals surface area contributed by atoms with Crippen molar-refractivity contribution in [3.05, 3.63) is 41.1 Å². The fraction of sp³-hybridized carbons (Fsp3) is 0.0769. The first-order valence-electron chi connectivity index (χ1n) is 5.06. The molecule has 0 unspecified atom stereocenters. The van der Waals surface area contributed by atoms with Gasteiger partial charge in [0.05, 0.1) is 12.7 Å². The van der Waals surface area contributed by atoms with Gasteiger partial charge in [-0.05, 0) is 18.2 Å². The monoisotopic (exact) mass is 252 g/mol. The number of nitrogens with one attached hydrogen (secondary N) is 1. The normalized spacial score (nSPS) is 8.32. The van der Waals surface area contributed by atoms with Gasteiger partial charge in [0.15, 0.2) is 5.57 Å². The van der Waals surface area contributed by atoms with Crippen molar-refractivity contribution in [3.8, 4) is 18.2 Å². The van der Waals surface area contributed by atoms with Crippen LogP contribution in [0.15, 0.2) is 35.5 Å². The van der Waals surface area contributed by atoms with Crippen molar-refractivity contribution in [1.29, 1.82) is 15.8 Å². The molecule has 0 radical (unpaired) electrons. The van der Waals surface area contributed by atoms with Crippen LogP contribution in [-0.4, -0.2) is 13.1 Å². The van der Waals surface area contributed by atoms with Gasteiger partial charge in [0.2, 0.25) is 0 Å². The van der Waals surface area contributed by atoms with E-state index in [0.29, 0.717) is 11.3 Å². The molecule has 92 valence electrons. The molecule has 1 aromatic rings. The third-order valence-electron chi connectivity index (χ3n) is 2.14. The molecule has 0 spiro atoms. The first kappa shape index (κ1) is 13.8. The Morgan fingerprint density at radius 2 is 1.89 bits per heavy atom. The minimum absolute atomic E-state index is 0.174. The number of hydrogen-bond acceptors (Lipinski definition) is 6. The number of anilines is 1. The van der Waals surface area contributed by atoms with Crippen molar-refractivity contribution in [3.63, 3.8) is 0 Å². The molecule has 0 bridgehead atoms. The summed E-state index contributed by atoms with van der Waals surface area (Å²) >= 11 is 0. The maximum atomic E-state index is 11.3. The van der Waals surface area contributed by atoms with Crippen molar-refractivity contribution in [2.24, 2.45) is 0 Å². The van der Waals surface area contributed by atoms with E-state index < -0.39 is 5.97 Å². The second-order valence-corrected chi connectivity index (χ2v) is 3.28. The van der Waals surface area contributed by atoms with Crippen LogP contribution in [-0.2, 0) is 4.74 Å². The highest BCUT2D eigenvalue weighted by Crippen LogP contribution is 2.15. The molecule has 6 heteroatoms. The molecule has 0 aliphatic carbocycles. The van der Waals surface area contributed by atoms with E-state index in [9.17, 15) is 4.79 Å². The largest absolute Gasteiger partial charge is 0.465 e. The van der Waals surface area contributed by atoms with Gasteiger partial charge in [-0.2, -0.15) is 15.8 Å². The Morgan fingerprint density at radius 3 is 2.42 bits per heavy atom. The molecule has 0 amide bonds. The van der Waals surface area contributed by atoms with Crippen molar-refractivity contribution in [2.75, 3.05) is 12.4 Å². The molecule has 6 nitrogen and oxygen atoms in total. The predicted octanol–water partition coefficient (Wildman–Crippen LogP) is 1.71. The predicted molar refractivity (Wildman–Crippen MR) is 65.3 cm³/mol. The van der Waals surface area contributed by atoms with E-state index in [1.165, 1.54) is 13.2 Å². The molecular weight excluding hydrogens is 244 g/mol. The molecule has 0 saturated heterocycles. The average Bonchev–Trinajstić information content (AvgIpc) is 2.46. The minimum Gasteiger partial charge on any atom is -0.465 e. The highest BCUT2D eigenvalue weighted by Gasteiger charge is 2.09. The third kappa shape index (κ3) is 3.33. The van der Waals surface area contributed by atoms with Gasteiger partial charge in [-0.15, -0.1) is 0 Å². The van der Waals surface area contributed by atoms with E-state index in [0.717, 1.165) is 0 Å². The fourth-order valence-corrected chi connectivity index (χ4v) is 1.27. The van der Waals surface area contributed by atoms with Crippen LogP contribution in [0.3, 0.4) is 0 Å². The number of nitrogens with zero attached hydrogens (tertiary/aromatic N) is 3. The molecule has 0 aliphatic heterocycles. The van der Waals surface area contributed by atoms with Crippen molar-refractivity contribution < 1.29 is 9.53 Å². The lowest BCUT2D eigenvalue weighted by molar-refractivity contribution is 0.0601. The van der Waals surface area contributed by atoms with Crippen LogP contribution in [0.4, 0.5) is 5.69 Å². The second kappa shape index (κ2) is 6.44. The number of methoxy groups -OCH3 is 1. The van der Waals surface area contributed by atoms with Crippen LogP contribution in [0.1, 0.15) is 10.4 Å². The first-order valence-corrected chi connectivity index (χ1v) is 5.06. The number of ether oxygens (including phenoxy) is 1. The molecule has 0 aromatic heterocycles. The maximum absolute atomic E-state index is 11.3. The number of carbonyl (C=O) groups is 1. The summed E-state index contributed by atoms with van der Waals surface area (Å²) < 4.78 is 4.56. The Balaban J connectivity index is 3.12. The zero-order valence-electron chi connectivity index (χ0n) is 9.97. The average molecular weight is 252 g/mol. The van der Waals surface area contributed by atoms with E-state index in [1.807, 2.05) is 0 Å². The molecule has 1 N–H and O–H groups in total. The van der Waals surface area contributed by atoms with Crippen LogP contribution >= 0.6 is 0 Å². The van der Waals surface area contributed by atoms with Gasteiger partial charge < -0.3 is 10.1 Å². The maximum Gasteiger partial charge on any atom is 0.337 e. The number of allylic oxidation sites excluding steroid dienone is 2. The van der Waals surface area contributed by atoms with Gasteiger partial charge in [-0.3, -0.25) is 0 Å². The lowest BCUT2D eigenvalue weighted by Gasteiger charge is -2.06. The van der Waals surface area contributed by atoms with Gasteiger partial charge in [0, 0.05) is 5.69 Å². The van der Waals surface area contributed by atoms with E-state index >= 15 is 0 Å². The first-order chi connectivity index (χ1) is 9.15. The number of esters is 1. The third-order valence-corrected chi connectivity index (χ3v) is 2.14. The Hall–Kier alpha value is -3.30. The highest BCUT2D eigenvalue weighted by atomic mass is 16.5. The molecule has 1 rings (SSSR count). The van der Waals surface area contributed by atoms with Crippen LogP contribution < -0.4 is 5.32 Å². The summed E-state index contributed by atoms with van der Waals surface area (Å²) in [5, 5.41) is 28.9. The van der Waals surface area contributed by atoms with Crippen molar-refractivity contribution in [2.45, 2.75) is 0 Å². The molecule has 1 aromatic carbocycles. The molecule has 0 fully saturated rings. The van der Waals surface area contributed by atoms with Gasteiger partial charge in [0.1, 0.15) is 23.9 Å². The minimum atomic E-state index is -0.521. The summed E-state index contributed by atoms with van der Waals surface area (Å²) in [7, 11) is 1.26. The number of carbonyl (C=O) groups excluding carboxylic acids is 1. The van der Waals surface area contributed by atoms with Crippen molar-refractivity contribution >= 4 is 11.7 Å². The lowest BCUT2D eigenvalue weighted by Crippen LogP contribution is -2.04. The SMILES string of the molecule is COC(=O)c1cccc(NC(C#N)=C(C#N)C#N)c1. The lowest BCUT2D eigenvalue weighted by atomic mass is 10.2. The van der Waals surface area contributed by atoms with Gasteiger partial charge in [0.25, 0.3) is 0 Å². The van der Waals surface area contributed by atoms with E-state index in [-0.39, 0.29) is 11.3 Å². The van der Waals surface area contributed by atoms with Crippen LogP contribution in [0.25, 0.3) is 0 Å². The molecule has 0 atom stereocenters. The molecular formula is C13H8N4O2. The molecule has 19 heavy (non-hydrogen) atoms. The Labute approximate surface area is 109 Å². The van der Waals surface area contributed by atoms with Crippen molar-refractivity contribution in [1.82, 2.24) is 0 Å². The quantitative estimate of drug-likeness (QED) is 0.647.